The Labute approximate surface area is 142 Å². The van der Waals surface area contributed by atoms with Gasteiger partial charge < -0.3 is 10.6 Å². The molecular weight excluding hydrogens is 337 g/mol. The lowest BCUT2D eigenvalue weighted by Gasteiger charge is -2.09. The fraction of sp³-hybridized carbons (Fsp3) is 0.0625. The molecule has 0 saturated heterocycles. The molecule has 2 aromatic carbocycles. The van der Waals surface area contributed by atoms with Crippen LogP contribution in [-0.4, -0.2) is 11.8 Å². The van der Waals surface area contributed by atoms with E-state index in [0.29, 0.717) is 22.0 Å². The molecule has 0 aliphatic rings. The quantitative estimate of drug-likeness (QED) is 0.824. The molecule has 0 radical (unpaired) electrons. The van der Waals surface area contributed by atoms with Gasteiger partial charge in [0.05, 0.1) is 22.0 Å². The van der Waals surface area contributed by atoms with E-state index >= 15 is 0 Å². The van der Waals surface area contributed by atoms with Crippen LogP contribution in [0.4, 0.5) is 11.4 Å². The van der Waals surface area contributed by atoms with Crippen LogP contribution in [0.1, 0.15) is 12.0 Å². The molecule has 7 heteroatoms. The van der Waals surface area contributed by atoms with Gasteiger partial charge in [0, 0.05) is 5.02 Å². The summed E-state index contributed by atoms with van der Waals surface area (Å²) in [6.45, 7) is 0. The minimum absolute atomic E-state index is 0.279. The maximum absolute atomic E-state index is 11.9. The van der Waals surface area contributed by atoms with Crippen LogP contribution in [0.25, 0.3) is 0 Å². The summed E-state index contributed by atoms with van der Waals surface area (Å²) in [7, 11) is 0. The summed E-state index contributed by atoms with van der Waals surface area (Å²) >= 11 is 11.7. The number of rotatable bonds is 4. The molecule has 0 spiro atoms. The van der Waals surface area contributed by atoms with E-state index in [1.165, 1.54) is 6.07 Å². The Hall–Kier alpha value is -2.55. The lowest BCUT2D eigenvalue weighted by atomic mass is 10.2. The molecule has 0 aliphatic carbocycles. The average molecular weight is 348 g/mol. The van der Waals surface area contributed by atoms with Gasteiger partial charge in [-0.2, -0.15) is 5.26 Å². The Bertz CT molecular complexity index is 800. The highest BCUT2D eigenvalue weighted by Gasteiger charge is 2.13. The number of anilines is 2. The highest BCUT2D eigenvalue weighted by molar-refractivity contribution is 6.36. The first-order valence-electron chi connectivity index (χ1n) is 6.53. The van der Waals surface area contributed by atoms with Gasteiger partial charge in [-0.1, -0.05) is 35.3 Å². The van der Waals surface area contributed by atoms with Crippen molar-refractivity contribution < 1.29 is 9.59 Å². The molecule has 2 amide bonds. The van der Waals surface area contributed by atoms with E-state index in [1.807, 2.05) is 6.07 Å². The summed E-state index contributed by atoms with van der Waals surface area (Å²) in [6.07, 6.45) is -0.404. The van der Waals surface area contributed by atoms with E-state index in [9.17, 15) is 9.59 Å². The number of carbonyl (C=O) groups excluding carboxylic acids is 2. The second-order valence-electron chi connectivity index (χ2n) is 4.55. The molecule has 0 aromatic heterocycles. The molecule has 2 rings (SSSR count). The standard InChI is InChI=1S/C16H11Cl2N3O2/c17-11-5-6-14(12(18)7-11)21-16(23)8-15(22)20-13-4-2-1-3-10(13)9-19/h1-7H,8H2,(H,20,22)(H,21,23). The molecule has 116 valence electrons. The second-order valence-corrected chi connectivity index (χ2v) is 5.40. The number of amides is 2. The van der Waals surface area contributed by atoms with Crippen molar-refractivity contribution in [3.63, 3.8) is 0 Å². The maximum Gasteiger partial charge on any atom is 0.233 e. The van der Waals surface area contributed by atoms with E-state index in [4.69, 9.17) is 28.5 Å². The zero-order valence-corrected chi connectivity index (χ0v) is 13.3. The highest BCUT2D eigenvalue weighted by atomic mass is 35.5. The van der Waals surface area contributed by atoms with Crippen molar-refractivity contribution >= 4 is 46.4 Å². The van der Waals surface area contributed by atoms with E-state index in [1.54, 1.807) is 36.4 Å². The number of hydrogen-bond donors (Lipinski definition) is 2. The third-order valence-corrected chi connectivity index (χ3v) is 3.40. The number of benzene rings is 2. The normalized spacial score (nSPS) is 9.78. The molecule has 0 unspecified atom stereocenters. The third kappa shape index (κ3) is 4.71. The van der Waals surface area contributed by atoms with Crippen LogP contribution in [0.3, 0.4) is 0 Å². The molecule has 0 heterocycles. The van der Waals surface area contributed by atoms with Crippen LogP contribution in [0.15, 0.2) is 42.5 Å². The number of nitrogens with zero attached hydrogens (tertiary/aromatic N) is 1. The molecule has 2 aromatic rings. The van der Waals surface area contributed by atoms with Crippen molar-refractivity contribution in [3.8, 4) is 6.07 Å². The molecule has 0 atom stereocenters. The molecule has 2 N–H and O–H groups in total. The summed E-state index contributed by atoms with van der Waals surface area (Å²) in [6, 6.07) is 13.1. The van der Waals surface area contributed by atoms with Crippen molar-refractivity contribution in [2.75, 3.05) is 10.6 Å². The second kappa shape index (κ2) is 7.63. The van der Waals surface area contributed by atoms with Crippen LogP contribution in [0.2, 0.25) is 10.0 Å². The van der Waals surface area contributed by atoms with Gasteiger partial charge in [-0.3, -0.25) is 9.59 Å². The summed E-state index contributed by atoms with van der Waals surface area (Å²) in [5.41, 5.74) is 1.05. The van der Waals surface area contributed by atoms with Crippen molar-refractivity contribution in [1.29, 1.82) is 5.26 Å². The predicted molar refractivity (Wildman–Crippen MR) is 89.5 cm³/mol. The van der Waals surface area contributed by atoms with Gasteiger partial charge >= 0.3 is 0 Å². The van der Waals surface area contributed by atoms with Gasteiger partial charge in [0.1, 0.15) is 12.5 Å². The van der Waals surface area contributed by atoms with Gasteiger partial charge in [0.15, 0.2) is 0 Å². The van der Waals surface area contributed by atoms with Gasteiger partial charge in [-0.05, 0) is 30.3 Å². The van der Waals surface area contributed by atoms with Gasteiger partial charge in [0.25, 0.3) is 0 Å². The van der Waals surface area contributed by atoms with Crippen molar-refractivity contribution in [2.24, 2.45) is 0 Å². The first kappa shape index (κ1) is 16.8. The van der Waals surface area contributed by atoms with Gasteiger partial charge in [-0.25, -0.2) is 0 Å². The summed E-state index contributed by atoms with van der Waals surface area (Å²) in [5, 5.41) is 14.7. The topological polar surface area (TPSA) is 82.0 Å². The van der Waals surface area contributed by atoms with E-state index < -0.39 is 18.2 Å². The van der Waals surface area contributed by atoms with Gasteiger partial charge in [-0.15, -0.1) is 0 Å². The molecule has 0 bridgehead atoms. The number of nitrogens with one attached hydrogen (secondary N) is 2. The fourth-order valence-electron chi connectivity index (χ4n) is 1.82. The molecule has 0 aliphatic heterocycles. The SMILES string of the molecule is N#Cc1ccccc1NC(=O)CC(=O)Nc1ccc(Cl)cc1Cl. The molecule has 0 fully saturated rings. The van der Waals surface area contributed by atoms with Gasteiger partial charge in [0.2, 0.25) is 11.8 Å². The molecule has 0 saturated carbocycles. The Morgan fingerprint density at radius 2 is 1.65 bits per heavy atom. The lowest BCUT2D eigenvalue weighted by Crippen LogP contribution is -2.21. The first-order chi connectivity index (χ1) is 11.0. The number of hydrogen-bond acceptors (Lipinski definition) is 3. The van der Waals surface area contributed by atoms with E-state index in [0.717, 1.165) is 0 Å². The maximum atomic E-state index is 11.9. The van der Waals surface area contributed by atoms with Crippen LogP contribution in [0.5, 0.6) is 0 Å². The first-order valence-corrected chi connectivity index (χ1v) is 7.29. The number of para-hydroxylation sites is 1. The number of carbonyl (C=O) groups is 2. The Balaban J connectivity index is 1.97. The predicted octanol–water partition coefficient (Wildman–Crippen LogP) is 3.83. The molecular formula is C16H11Cl2N3O2. The van der Waals surface area contributed by atoms with Crippen molar-refractivity contribution in [1.82, 2.24) is 0 Å². The lowest BCUT2D eigenvalue weighted by molar-refractivity contribution is -0.123. The van der Waals surface area contributed by atoms with Crippen LogP contribution >= 0.6 is 23.2 Å². The number of nitriles is 1. The monoisotopic (exact) mass is 347 g/mol. The number of halogens is 2. The zero-order chi connectivity index (χ0) is 16.8. The average Bonchev–Trinajstić information content (AvgIpc) is 2.50. The smallest absolute Gasteiger partial charge is 0.233 e. The zero-order valence-electron chi connectivity index (χ0n) is 11.8. The highest BCUT2D eigenvalue weighted by Crippen LogP contribution is 2.25. The minimum atomic E-state index is -0.532. The summed E-state index contributed by atoms with van der Waals surface area (Å²) in [5.74, 6) is -1.06. The summed E-state index contributed by atoms with van der Waals surface area (Å²) in [4.78, 5) is 23.8. The minimum Gasteiger partial charge on any atom is -0.324 e. The Kier molecular flexibility index (Phi) is 5.58. The molecule has 23 heavy (non-hydrogen) atoms. The Morgan fingerprint density at radius 1 is 1.00 bits per heavy atom. The summed E-state index contributed by atoms with van der Waals surface area (Å²) < 4.78 is 0. The van der Waals surface area contributed by atoms with E-state index in [2.05, 4.69) is 10.6 Å². The Morgan fingerprint density at radius 3 is 2.30 bits per heavy atom. The largest absolute Gasteiger partial charge is 0.324 e. The third-order valence-electron chi connectivity index (χ3n) is 2.85. The van der Waals surface area contributed by atoms with Crippen LogP contribution in [0, 0.1) is 11.3 Å². The van der Waals surface area contributed by atoms with Crippen LogP contribution < -0.4 is 10.6 Å². The molecule has 5 nitrogen and oxygen atoms in total. The fourth-order valence-corrected chi connectivity index (χ4v) is 2.27. The van der Waals surface area contributed by atoms with E-state index in [-0.39, 0.29) is 5.02 Å². The van der Waals surface area contributed by atoms with Crippen LogP contribution in [-0.2, 0) is 9.59 Å². The van der Waals surface area contributed by atoms with Crippen molar-refractivity contribution in [2.45, 2.75) is 6.42 Å². The van der Waals surface area contributed by atoms with Crippen molar-refractivity contribution in [3.05, 3.63) is 58.1 Å².